The number of ether oxygens (including phenoxy) is 1. The maximum absolute atomic E-state index is 12.9. The van der Waals surface area contributed by atoms with Crippen LogP contribution in [0.15, 0.2) is 54.6 Å². The molecule has 3 saturated carbocycles. The van der Waals surface area contributed by atoms with Gasteiger partial charge in [-0.05, 0) is 74.1 Å². The lowest BCUT2D eigenvalue weighted by Gasteiger charge is -2.73. The van der Waals surface area contributed by atoms with Gasteiger partial charge in [0.2, 0.25) is 0 Å². The molecule has 27 heavy (non-hydrogen) atoms. The van der Waals surface area contributed by atoms with Gasteiger partial charge in [0.05, 0.1) is 13.2 Å². The highest BCUT2D eigenvalue weighted by Crippen LogP contribution is 2.77. The predicted molar refractivity (Wildman–Crippen MR) is 111 cm³/mol. The Morgan fingerprint density at radius 2 is 1.59 bits per heavy atom. The largest absolute Gasteiger partial charge is 0.598 e. The van der Waals surface area contributed by atoms with Gasteiger partial charge in [-0.15, -0.1) is 4.72 Å². The first-order valence-electron chi connectivity index (χ1n) is 9.66. The molecule has 1 N–H and O–H groups in total. The molecule has 2 aromatic carbocycles. The Bertz CT molecular complexity index is 778. The Kier molecular flexibility index (Phi) is 4.57. The zero-order valence-corrected chi connectivity index (χ0v) is 17.4. The standard InChI is InChI=1S/C23H29NO2S/c1-21(2,3)27(25)24-20(17-10-12-19(26-4)13-11-17)23-14-22(15-23,16-23)18-8-6-5-7-9-18/h5-13,20,24H,14-16H2,1-4H3. The van der Waals surface area contributed by atoms with Crippen molar-refractivity contribution in [1.29, 1.82) is 0 Å². The van der Waals surface area contributed by atoms with Crippen LogP contribution in [0.5, 0.6) is 5.75 Å². The fraction of sp³-hybridized carbons (Fsp3) is 0.478. The van der Waals surface area contributed by atoms with Gasteiger partial charge in [0, 0.05) is 11.4 Å². The first-order valence-corrected chi connectivity index (χ1v) is 10.8. The van der Waals surface area contributed by atoms with Crippen LogP contribution >= 0.6 is 0 Å². The van der Waals surface area contributed by atoms with E-state index < -0.39 is 11.4 Å². The molecule has 0 heterocycles. The summed E-state index contributed by atoms with van der Waals surface area (Å²) in [6.45, 7) is 6.07. The van der Waals surface area contributed by atoms with Gasteiger partial charge in [0.15, 0.2) is 0 Å². The van der Waals surface area contributed by atoms with Gasteiger partial charge < -0.3 is 9.29 Å². The summed E-state index contributed by atoms with van der Waals surface area (Å²) in [6, 6.07) is 19.2. The van der Waals surface area contributed by atoms with Gasteiger partial charge in [-0.3, -0.25) is 0 Å². The highest BCUT2D eigenvalue weighted by atomic mass is 32.2. The third kappa shape index (κ3) is 3.18. The number of nitrogens with one attached hydrogen (secondary N) is 1. The summed E-state index contributed by atoms with van der Waals surface area (Å²) < 4.78 is 21.4. The van der Waals surface area contributed by atoms with E-state index in [9.17, 15) is 4.55 Å². The fourth-order valence-electron chi connectivity index (χ4n) is 4.90. The van der Waals surface area contributed by atoms with E-state index in [2.05, 4.69) is 47.2 Å². The second kappa shape index (κ2) is 6.54. The number of hydrogen-bond acceptors (Lipinski definition) is 3. The summed E-state index contributed by atoms with van der Waals surface area (Å²) >= 11 is -1.10. The van der Waals surface area contributed by atoms with Gasteiger partial charge in [-0.2, -0.15) is 0 Å². The number of rotatable bonds is 6. The third-order valence-corrected chi connectivity index (χ3v) is 7.86. The average molecular weight is 384 g/mol. The van der Waals surface area contributed by atoms with Crippen LogP contribution in [0.3, 0.4) is 0 Å². The topological polar surface area (TPSA) is 44.3 Å². The summed E-state index contributed by atoms with van der Waals surface area (Å²) in [7, 11) is 1.68. The summed E-state index contributed by atoms with van der Waals surface area (Å²) in [5.74, 6) is 0.854. The van der Waals surface area contributed by atoms with Crippen LogP contribution in [0.4, 0.5) is 0 Å². The van der Waals surface area contributed by atoms with E-state index in [-0.39, 0.29) is 16.2 Å². The summed E-state index contributed by atoms with van der Waals surface area (Å²) in [6.07, 6.45) is 3.49. The SMILES string of the molecule is COc1ccc(C(N[S+]([O-])C(C)(C)C)C23CC(c4ccccc4)(C2)C3)cc1. The molecule has 0 saturated heterocycles. The van der Waals surface area contributed by atoms with E-state index in [0.29, 0.717) is 5.41 Å². The molecule has 144 valence electrons. The molecule has 3 aliphatic carbocycles. The van der Waals surface area contributed by atoms with Gasteiger partial charge in [-0.25, -0.2) is 0 Å². The highest BCUT2D eigenvalue weighted by Gasteiger charge is 2.71. The molecule has 0 radical (unpaired) electrons. The van der Waals surface area contributed by atoms with Crippen LogP contribution in [-0.4, -0.2) is 16.4 Å². The molecule has 0 aromatic heterocycles. The van der Waals surface area contributed by atoms with E-state index in [1.165, 1.54) is 11.1 Å². The van der Waals surface area contributed by atoms with Crippen molar-refractivity contribution in [1.82, 2.24) is 4.72 Å². The molecule has 3 nitrogen and oxygen atoms in total. The Labute approximate surface area is 165 Å². The Morgan fingerprint density at radius 1 is 1.00 bits per heavy atom. The lowest BCUT2D eigenvalue weighted by atomic mass is 9.31. The van der Waals surface area contributed by atoms with Crippen molar-refractivity contribution in [3.63, 3.8) is 0 Å². The molecule has 2 unspecified atom stereocenters. The molecule has 3 aliphatic rings. The first-order chi connectivity index (χ1) is 12.8. The monoisotopic (exact) mass is 383 g/mol. The zero-order valence-electron chi connectivity index (χ0n) is 16.6. The summed E-state index contributed by atoms with van der Waals surface area (Å²) in [4.78, 5) is 0. The Balaban J connectivity index is 1.58. The van der Waals surface area contributed by atoms with Crippen molar-refractivity contribution < 1.29 is 9.29 Å². The van der Waals surface area contributed by atoms with Crippen LogP contribution in [0.1, 0.15) is 57.2 Å². The molecule has 2 aromatic rings. The van der Waals surface area contributed by atoms with Crippen molar-refractivity contribution in [2.75, 3.05) is 7.11 Å². The molecule has 3 fully saturated rings. The third-order valence-electron chi connectivity index (χ3n) is 6.30. The van der Waals surface area contributed by atoms with E-state index in [1.54, 1.807) is 7.11 Å². The minimum absolute atomic E-state index is 0.106. The van der Waals surface area contributed by atoms with E-state index in [0.717, 1.165) is 25.0 Å². The van der Waals surface area contributed by atoms with Crippen LogP contribution < -0.4 is 9.46 Å². The second-order valence-corrected chi connectivity index (χ2v) is 11.2. The van der Waals surface area contributed by atoms with E-state index in [1.807, 2.05) is 32.9 Å². The van der Waals surface area contributed by atoms with Crippen LogP contribution in [0, 0.1) is 5.41 Å². The number of methoxy groups -OCH3 is 1. The van der Waals surface area contributed by atoms with Crippen molar-refractivity contribution in [3.8, 4) is 5.75 Å². The lowest BCUT2D eigenvalue weighted by Crippen LogP contribution is -2.69. The Morgan fingerprint density at radius 3 is 2.11 bits per heavy atom. The maximum atomic E-state index is 12.9. The highest BCUT2D eigenvalue weighted by molar-refractivity contribution is 7.90. The summed E-state index contributed by atoms with van der Waals surface area (Å²) in [5.41, 5.74) is 3.19. The first kappa shape index (κ1) is 18.9. The Hall–Kier alpha value is -1.49. The molecular weight excluding hydrogens is 354 g/mol. The van der Waals surface area contributed by atoms with Gasteiger partial charge in [0.25, 0.3) is 0 Å². The number of hydrogen-bond donors (Lipinski definition) is 1. The zero-order chi connectivity index (χ0) is 19.3. The average Bonchev–Trinajstić information content (AvgIpc) is 2.59. The van der Waals surface area contributed by atoms with Gasteiger partial charge in [0.1, 0.15) is 10.5 Å². The normalized spacial score (nSPS) is 28.6. The van der Waals surface area contributed by atoms with Crippen molar-refractivity contribution in [2.24, 2.45) is 5.41 Å². The fourth-order valence-corrected chi connectivity index (χ4v) is 5.85. The quantitative estimate of drug-likeness (QED) is 0.721. The minimum atomic E-state index is -1.10. The number of benzene rings is 2. The smallest absolute Gasteiger partial charge is 0.136 e. The van der Waals surface area contributed by atoms with Crippen molar-refractivity contribution >= 4 is 11.4 Å². The van der Waals surface area contributed by atoms with Crippen LogP contribution in [-0.2, 0) is 16.8 Å². The lowest BCUT2D eigenvalue weighted by molar-refractivity contribution is -0.162. The van der Waals surface area contributed by atoms with Crippen molar-refractivity contribution in [3.05, 3.63) is 65.7 Å². The molecule has 4 heteroatoms. The molecule has 2 atom stereocenters. The minimum Gasteiger partial charge on any atom is -0.598 e. The molecule has 0 amide bonds. The molecule has 2 bridgehead atoms. The molecule has 0 aliphatic heterocycles. The maximum Gasteiger partial charge on any atom is 0.136 e. The summed E-state index contributed by atoms with van der Waals surface area (Å²) in [5, 5.41) is 0. The predicted octanol–water partition coefficient (Wildman–Crippen LogP) is 4.91. The van der Waals surface area contributed by atoms with Crippen LogP contribution in [0.2, 0.25) is 0 Å². The van der Waals surface area contributed by atoms with Crippen molar-refractivity contribution in [2.45, 2.75) is 56.2 Å². The molecule has 0 spiro atoms. The van der Waals surface area contributed by atoms with Gasteiger partial charge >= 0.3 is 0 Å². The van der Waals surface area contributed by atoms with E-state index in [4.69, 9.17) is 4.74 Å². The second-order valence-electron chi connectivity index (χ2n) is 9.24. The van der Waals surface area contributed by atoms with E-state index >= 15 is 0 Å². The molecule has 5 rings (SSSR count). The molecular formula is C23H29NO2S. The van der Waals surface area contributed by atoms with Gasteiger partial charge in [-0.1, -0.05) is 42.5 Å². The van der Waals surface area contributed by atoms with Crippen LogP contribution in [0.25, 0.3) is 0 Å².